The predicted molar refractivity (Wildman–Crippen MR) is 92.2 cm³/mol. The number of ether oxygens (including phenoxy) is 1. The third-order valence-corrected chi connectivity index (χ3v) is 4.24. The van der Waals surface area contributed by atoms with Gasteiger partial charge in [-0.05, 0) is 18.4 Å². The largest absolute Gasteiger partial charge is 0.483 e. The first-order valence-electron chi connectivity index (χ1n) is 8.43. The summed E-state index contributed by atoms with van der Waals surface area (Å²) in [7, 11) is 0. The standard InChI is InChI=1S/C19H22N2O3/c22-17-12-16(19(23)21-10-6-1-2-7-11-21)20-13-18(17)24-14-15-8-4-3-5-9-15/h3-5,8-9,12-13H,1-2,6-7,10-11,14H2,(H,20,22). The van der Waals surface area contributed by atoms with E-state index in [1.165, 1.54) is 12.3 Å². The van der Waals surface area contributed by atoms with Crippen LogP contribution in [0.2, 0.25) is 0 Å². The zero-order valence-corrected chi connectivity index (χ0v) is 13.7. The Morgan fingerprint density at radius 3 is 2.46 bits per heavy atom. The highest BCUT2D eigenvalue weighted by molar-refractivity contribution is 5.92. The molecule has 1 aliphatic heterocycles. The van der Waals surface area contributed by atoms with Crippen molar-refractivity contribution in [3.05, 3.63) is 64.1 Å². The number of nitrogens with one attached hydrogen (secondary N) is 1. The summed E-state index contributed by atoms with van der Waals surface area (Å²) in [5.41, 5.74) is 1.04. The molecular formula is C19H22N2O3. The third-order valence-electron chi connectivity index (χ3n) is 4.24. The molecule has 1 N–H and O–H groups in total. The molecule has 5 heteroatoms. The van der Waals surface area contributed by atoms with E-state index in [0.29, 0.717) is 12.3 Å². The van der Waals surface area contributed by atoms with E-state index < -0.39 is 0 Å². The van der Waals surface area contributed by atoms with Gasteiger partial charge in [0.1, 0.15) is 12.3 Å². The number of hydrogen-bond donors (Lipinski definition) is 1. The monoisotopic (exact) mass is 326 g/mol. The molecule has 1 fully saturated rings. The topological polar surface area (TPSA) is 62.4 Å². The molecule has 0 atom stereocenters. The highest BCUT2D eigenvalue weighted by atomic mass is 16.5. The summed E-state index contributed by atoms with van der Waals surface area (Å²) in [6, 6.07) is 11.0. The van der Waals surface area contributed by atoms with Crippen LogP contribution >= 0.6 is 0 Å². The van der Waals surface area contributed by atoms with Crippen molar-refractivity contribution in [3.63, 3.8) is 0 Å². The molecule has 0 saturated carbocycles. The van der Waals surface area contributed by atoms with Crippen molar-refractivity contribution in [2.75, 3.05) is 13.1 Å². The fourth-order valence-electron chi connectivity index (χ4n) is 2.87. The molecule has 2 aromatic rings. The molecule has 5 nitrogen and oxygen atoms in total. The Morgan fingerprint density at radius 2 is 1.79 bits per heavy atom. The van der Waals surface area contributed by atoms with Gasteiger partial charge < -0.3 is 14.6 Å². The maximum Gasteiger partial charge on any atom is 0.270 e. The molecule has 1 amide bonds. The maximum atomic E-state index is 12.5. The average molecular weight is 326 g/mol. The van der Waals surface area contributed by atoms with E-state index in [-0.39, 0.29) is 17.1 Å². The Bertz CT molecular complexity index is 732. The lowest BCUT2D eigenvalue weighted by atomic mass is 10.2. The van der Waals surface area contributed by atoms with Crippen molar-refractivity contribution in [3.8, 4) is 5.75 Å². The average Bonchev–Trinajstić information content (AvgIpc) is 2.90. The molecule has 0 unspecified atom stereocenters. The Labute approximate surface area is 141 Å². The molecule has 0 aliphatic carbocycles. The van der Waals surface area contributed by atoms with E-state index in [0.717, 1.165) is 44.3 Å². The number of nitrogens with zero attached hydrogens (tertiary/aromatic N) is 1. The van der Waals surface area contributed by atoms with Gasteiger partial charge in [0, 0.05) is 25.4 Å². The lowest BCUT2D eigenvalue weighted by Gasteiger charge is -2.20. The van der Waals surface area contributed by atoms with Crippen LogP contribution in [-0.4, -0.2) is 28.9 Å². The van der Waals surface area contributed by atoms with Gasteiger partial charge in [0.05, 0.1) is 0 Å². The molecule has 0 bridgehead atoms. The number of carbonyl (C=O) groups is 1. The number of benzene rings is 1. The van der Waals surface area contributed by atoms with E-state index in [2.05, 4.69) is 4.98 Å². The minimum Gasteiger partial charge on any atom is -0.483 e. The van der Waals surface area contributed by atoms with Crippen molar-refractivity contribution in [1.29, 1.82) is 0 Å². The van der Waals surface area contributed by atoms with Gasteiger partial charge in [-0.3, -0.25) is 9.59 Å². The Hall–Kier alpha value is -2.56. The summed E-state index contributed by atoms with van der Waals surface area (Å²) in [6.45, 7) is 1.84. The SMILES string of the molecule is O=C(c1cc(=O)c(OCc2ccccc2)c[nH]1)N1CCCCCC1. The molecule has 126 valence electrons. The lowest BCUT2D eigenvalue weighted by molar-refractivity contribution is 0.0755. The van der Waals surface area contributed by atoms with Crippen molar-refractivity contribution >= 4 is 5.91 Å². The van der Waals surface area contributed by atoms with Crippen molar-refractivity contribution in [2.24, 2.45) is 0 Å². The number of aromatic amines is 1. The Kier molecular flexibility index (Phi) is 5.31. The van der Waals surface area contributed by atoms with Crippen LogP contribution in [0.3, 0.4) is 0 Å². The highest BCUT2D eigenvalue weighted by Crippen LogP contribution is 2.13. The first-order valence-corrected chi connectivity index (χ1v) is 8.43. The van der Waals surface area contributed by atoms with Crippen molar-refractivity contribution in [2.45, 2.75) is 32.3 Å². The fourth-order valence-corrected chi connectivity index (χ4v) is 2.87. The zero-order chi connectivity index (χ0) is 16.8. The second-order valence-electron chi connectivity index (χ2n) is 6.06. The van der Waals surface area contributed by atoms with Crippen LogP contribution in [0.15, 0.2) is 47.4 Å². The van der Waals surface area contributed by atoms with Crippen LogP contribution in [-0.2, 0) is 6.61 Å². The molecule has 1 saturated heterocycles. The van der Waals surface area contributed by atoms with Crippen molar-refractivity contribution in [1.82, 2.24) is 9.88 Å². The van der Waals surface area contributed by atoms with Crippen LogP contribution in [0.25, 0.3) is 0 Å². The molecule has 1 aliphatic rings. The zero-order valence-electron chi connectivity index (χ0n) is 13.7. The Balaban J connectivity index is 1.67. The number of rotatable bonds is 4. The lowest BCUT2D eigenvalue weighted by Crippen LogP contribution is -2.33. The van der Waals surface area contributed by atoms with Crippen LogP contribution < -0.4 is 10.2 Å². The fraction of sp³-hybridized carbons (Fsp3) is 0.368. The van der Waals surface area contributed by atoms with Gasteiger partial charge in [0.2, 0.25) is 5.43 Å². The van der Waals surface area contributed by atoms with Gasteiger partial charge in [-0.1, -0.05) is 43.2 Å². The molecule has 24 heavy (non-hydrogen) atoms. The normalized spacial score (nSPS) is 14.9. The molecule has 3 rings (SSSR count). The van der Waals surface area contributed by atoms with E-state index in [9.17, 15) is 9.59 Å². The number of aromatic nitrogens is 1. The number of amides is 1. The summed E-state index contributed by atoms with van der Waals surface area (Å²) in [4.78, 5) is 29.4. The van der Waals surface area contributed by atoms with Crippen LogP contribution in [0.4, 0.5) is 0 Å². The Morgan fingerprint density at radius 1 is 1.08 bits per heavy atom. The quantitative estimate of drug-likeness (QED) is 0.939. The van der Waals surface area contributed by atoms with Gasteiger partial charge in [0.25, 0.3) is 5.91 Å². The molecular weight excluding hydrogens is 304 g/mol. The van der Waals surface area contributed by atoms with Gasteiger partial charge in [-0.2, -0.15) is 0 Å². The third kappa shape index (κ3) is 4.04. The molecule has 0 radical (unpaired) electrons. The number of likely N-dealkylation sites (tertiary alicyclic amines) is 1. The molecule has 0 spiro atoms. The smallest absolute Gasteiger partial charge is 0.270 e. The first kappa shape index (κ1) is 16.3. The van der Waals surface area contributed by atoms with Gasteiger partial charge in [-0.15, -0.1) is 0 Å². The summed E-state index contributed by atoms with van der Waals surface area (Å²) in [5, 5.41) is 0. The maximum absolute atomic E-state index is 12.5. The van der Waals surface area contributed by atoms with Crippen LogP contribution in [0, 0.1) is 0 Å². The summed E-state index contributed by atoms with van der Waals surface area (Å²) in [5.74, 6) is 0.120. The second kappa shape index (κ2) is 7.81. The summed E-state index contributed by atoms with van der Waals surface area (Å²) < 4.78 is 5.55. The van der Waals surface area contributed by atoms with Gasteiger partial charge >= 0.3 is 0 Å². The van der Waals surface area contributed by atoms with Gasteiger partial charge in [0.15, 0.2) is 5.75 Å². The molecule has 2 heterocycles. The van der Waals surface area contributed by atoms with E-state index in [1.54, 1.807) is 0 Å². The summed E-state index contributed by atoms with van der Waals surface area (Å²) >= 11 is 0. The first-order chi connectivity index (χ1) is 11.7. The van der Waals surface area contributed by atoms with Gasteiger partial charge in [-0.25, -0.2) is 0 Å². The van der Waals surface area contributed by atoms with Crippen molar-refractivity contribution < 1.29 is 9.53 Å². The minimum absolute atomic E-state index is 0.108. The highest BCUT2D eigenvalue weighted by Gasteiger charge is 2.18. The number of hydrogen-bond acceptors (Lipinski definition) is 3. The number of carbonyl (C=O) groups excluding carboxylic acids is 1. The minimum atomic E-state index is -0.275. The number of pyridine rings is 1. The molecule has 1 aromatic heterocycles. The number of H-pyrrole nitrogens is 1. The van der Waals surface area contributed by atoms with E-state index >= 15 is 0 Å². The molecule has 1 aromatic carbocycles. The van der Waals surface area contributed by atoms with Crippen LogP contribution in [0.5, 0.6) is 5.75 Å². The summed E-state index contributed by atoms with van der Waals surface area (Å²) in [6.07, 6.45) is 5.85. The van der Waals surface area contributed by atoms with E-state index in [1.807, 2.05) is 35.2 Å². The second-order valence-corrected chi connectivity index (χ2v) is 6.06. The predicted octanol–water partition coefficient (Wildman–Crippen LogP) is 2.97. The van der Waals surface area contributed by atoms with E-state index in [4.69, 9.17) is 4.74 Å². The van der Waals surface area contributed by atoms with Crippen LogP contribution in [0.1, 0.15) is 41.7 Å².